The Kier molecular flexibility index (Phi) is 39.2. The lowest BCUT2D eigenvalue weighted by Crippen LogP contribution is -2.29. The summed E-state index contributed by atoms with van der Waals surface area (Å²) >= 11 is 0. The zero-order chi connectivity index (χ0) is 41.1. The number of unbranched alkanes of at least 4 members (excludes halogenated alkanes) is 8. The van der Waals surface area contributed by atoms with E-state index in [1.54, 1.807) is 0 Å². The van der Waals surface area contributed by atoms with Gasteiger partial charge in [-0.2, -0.15) is 0 Å². The fraction of sp³-hybridized carbons (Fsp3) is 0.600. The Morgan fingerprint density at radius 3 is 1.52 bits per heavy atom. The minimum Gasteiger partial charge on any atom is -0.462 e. The van der Waals surface area contributed by atoms with Crippen molar-refractivity contribution in [3.8, 4) is 0 Å². The van der Waals surface area contributed by atoms with Crippen molar-refractivity contribution in [2.75, 3.05) is 33.0 Å². The van der Waals surface area contributed by atoms with Gasteiger partial charge in [0.25, 0.3) is 0 Å². The number of hydrogen-bond acceptors (Lipinski definition) is 9. The average molecular weight is 804 g/mol. The highest BCUT2D eigenvalue weighted by atomic mass is 31.2. The van der Waals surface area contributed by atoms with Crippen molar-refractivity contribution in [1.82, 2.24) is 0 Å². The van der Waals surface area contributed by atoms with E-state index >= 15 is 0 Å². The molecule has 0 heterocycles. The van der Waals surface area contributed by atoms with Gasteiger partial charge < -0.3 is 25.2 Å². The van der Waals surface area contributed by atoms with Gasteiger partial charge >= 0.3 is 19.8 Å². The number of aliphatic hydroxyl groups excluding tert-OH is 1. The molecule has 0 aliphatic carbocycles. The summed E-state index contributed by atoms with van der Waals surface area (Å²) in [6.07, 6.45) is 50.3. The predicted octanol–water partition coefficient (Wildman–Crippen LogP) is 10.8. The molecule has 0 rings (SSSR count). The molecule has 0 aliphatic heterocycles. The topological polar surface area (TPSA) is 155 Å². The molecular weight excluding hydrogens is 729 g/mol. The van der Waals surface area contributed by atoms with Gasteiger partial charge in [-0.3, -0.25) is 18.6 Å². The van der Waals surface area contributed by atoms with Crippen molar-refractivity contribution in [2.24, 2.45) is 5.73 Å². The summed E-state index contributed by atoms with van der Waals surface area (Å²) in [4.78, 5) is 34.8. The molecule has 4 N–H and O–H groups in total. The lowest BCUT2D eigenvalue weighted by atomic mass is 10.1. The highest BCUT2D eigenvalue weighted by Gasteiger charge is 2.25. The van der Waals surface area contributed by atoms with Crippen LogP contribution in [0.1, 0.15) is 135 Å². The van der Waals surface area contributed by atoms with E-state index in [1.807, 2.05) is 12.2 Å². The van der Waals surface area contributed by atoms with Crippen LogP contribution in [-0.4, -0.2) is 61.0 Å². The summed E-state index contributed by atoms with van der Waals surface area (Å²) in [5.41, 5.74) is 5.33. The van der Waals surface area contributed by atoms with Gasteiger partial charge in [0, 0.05) is 26.0 Å². The van der Waals surface area contributed by atoms with Gasteiger partial charge in [-0.05, 0) is 96.3 Å². The van der Waals surface area contributed by atoms with Crippen LogP contribution in [0.5, 0.6) is 0 Å². The van der Waals surface area contributed by atoms with Gasteiger partial charge in [-0.25, -0.2) is 4.57 Å². The van der Waals surface area contributed by atoms with Gasteiger partial charge in [-0.15, -0.1) is 0 Å². The summed E-state index contributed by atoms with van der Waals surface area (Å²) in [6, 6.07) is 0. The third-order valence-electron chi connectivity index (χ3n) is 8.01. The first kappa shape index (κ1) is 52.9. The van der Waals surface area contributed by atoms with Crippen LogP contribution in [0, 0.1) is 0 Å². The second-order valence-electron chi connectivity index (χ2n) is 13.2. The van der Waals surface area contributed by atoms with Crippen molar-refractivity contribution < 1.29 is 42.7 Å². The summed E-state index contributed by atoms with van der Waals surface area (Å²) in [5, 5.41) is 8.79. The number of phosphoric ester groups is 1. The van der Waals surface area contributed by atoms with E-state index in [2.05, 4.69) is 92.0 Å². The summed E-state index contributed by atoms with van der Waals surface area (Å²) in [5.74, 6) is -0.948. The number of phosphoric acid groups is 1. The van der Waals surface area contributed by atoms with Crippen molar-refractivity contribution in [2.45, 2.75) is 141 Å². The second-order valence-corrected chi connectivity index (χ2v) is 14.6. The molecule has 0 amide bonds. The molecule has 0 radical (unpaired) electrons. The Bertz CT molecular complexity index is 1240. The summed E-state index contributed by atoms with van der Waals surface area (Å²) < 4.78 is 32.6. The molecule has 56 heavy (non-hydrogen) atoms. The van der Waals surface area contributed by atoms with Crippen molar-refractivity contribution in [3.05, 3.63) is 97.2 Å². The number of ether oxygens (including phenoxy) is 2. The maximum absolute atomic E-state index is 12.5. The fourth-order valence-electron chi connectivity index (χ4n) is 4.95. The van der Waals surface area contributed by atoms with Crippen LogP contribution in [0.2, 0.25) is 0 Å². The number of hydrogen-bond donors (Lipinski definition) is 3. The first-order valence-electron chi connectivity index (χ1n) is 20.8. The van der Waals surface area contributed by atoms with Crippen molar-refractivity contribution in [3.63, 3.8) is 0 Å². The van der Waals surface area contributed by atoms with Gasteiger partial charge in [0.05, 0.1) is 13.2 Å². The molecule has 0 fully saturated rings. The lowest BCUT2D eigenvalue weighted by molar-refractivity contribution is -0.161. The molecule has 0 saturated carbocycles. The smallest absolute Gasteiger partial charge is 0.462 e. The number of allylic oxidation sites excluding steroid dienone is 16. The Morgan fingerprint density at radius 2 is 1.02 bits per heavy atom. The first-order chi connectivity index (χ1) is 27.3. The normalized spacial score (nSPS) is 14.3. The largest absolute Gasteiger partial charge is 0.472 e. The molecule has 0 saturated heterocycles. The number of carbonyl (C=O) groups excluding carboxylic acids is 2. The molecule has 10 nitrogen and oxygen atoms in total. The standard InChI is InChI=1S/C45H74NO9P/c1-2-3-4-5-6-7-8-9-10-12-15-18-21-24-27-30-33-36-44(48)52-41-43(42-54-56(50,51)53-40-38-46)55-45(49)37-34-31-28-25-22-19-16-13-11-14-17-20-23-26-29-32-35-39-47/h3-4,6-7,9-11,14-16,18-20,23,25,28,43,47H,2,5,8,12-13,17,21-22,24,26-27,29-42,46H2,1H3,(H,50,51)/b4-3-,7-6-,10-9-,14-11-,18-15-,19-16-,23-20-,28-25-/t43-/m1/s1. The SMILES string of the molecule is CC/C=C\C/C=C\C/C=C\C/C=C\CCCCCCC(=O)OC[C@H](COP(=O)(O)OCCN)OC(=O)CCC/C=C\C/C=C\C/C=C\C/C=C\CCCCCO. The van der Waals surface area contributed by atoms with E-state index in [0.29, 0.717) is 19.3 Å². The monoisotopic (exact) mass is 804 g/mol. The summed E-state index contributed by atoms with van der Waals surface area (Å²) in [7, 11) is -4.41. The van der Waals surface area contributed by atoms with Crippen molar-refractivity contribution >= 4 is 19.8 Å². The Hall–Kier alpha value is -3.11. The highest BCUT2D eigenvalue weighted by molar-refractivity contribution is 7.47. The first-order valence-corrected chi connectivity index (χ1v) is 22.3. The van der Waals surface area contributed by atoms with E-state index in [0.717, 1.165) is 96.3 Å². The molecule has 318 valence electrons. The van der Waals surface area contributed by atoms with Gasteiger partial charge in [0.1, 0.15) is 6.61 Å². The molecule has 1 unspecified atom stereocenters. The van der Waals surface area contributed by atoms with E-state index in [-0.39, 0.29) is 39.2 Å². The van der Waals surface area contributed by atoms with Crippen molar-refractivity contribution in [1.29, 1.82) is 0 Å². The van der Waals surface area contributed by atoms with Crippen LogP contribution >= 0.6 is 7.82 Å². The number of rotatable bonds is 38. The maximum atomic E-state index is 12.5. The zero-order valence-corrected chi connectivity index (χ0v) is 35.2. The molecule has 0 aromatic carbocycles. The van der Waals surface area contributed by atoms with E-state index < -0.39 is 32.5 Å². The number of esters is 2. The molecule has 11 heteroatoms. The van der Waals surface area contributed by atoms with Crippen LogP contribution in [-0.2, 0) is 32.7 Å². The quantitative estimate of drug-likeness (QED) is 0.0238. The molecule has 0 aromatic rings. The predicted molar refractivity (Wildman–Crippen MR) is 230 cm³/mol. The molecule has 0 bridgehead atoms. The molecule has 0 aromatic heterocycles. The minimum atomic E-state index is -4.41. The number of nitrogens with two attached hydrogens (primary N) is 1. The average Bonchev–Trinajstić information content (AvgIpc) is 3.18. The summed E-state index contributed by atoms with van der Waals surface area (Å²) in [6.45, 7) is 1.49. The molecule has 0 spiro atoms. The number of carbonyl (C=O) groups is 2. The van der Waals surface area contributed by atoms with Crippen LogP contribution < -0.4 is 5.73 Å². The Balaban J connectivity index is 4.34. The van der Waals surface area contributed by atoms with E-state index in [9.17, 15) is 19.0 Å². The van der Waals surface area contributed by atoms with Gasteiger partial charge in [0.15, 0.2) is 6.10 Å². The van der Waals surface area contributed by atoms with Crippen LogP contribution in [0.15, 0.2) is 97.2 Å². The van der Waals surface area contributed by atoms with Gasteiger partial charge in [-0.1, -0.05) is 123 Å². The zero-order valence-electron chi connectivity index (χ0n) is 34.3. The third kappa shape index (κ3) is 40.6. The highest BCUT2D eigenvalue weighted by Crippen LogP contribution is 2.43. The van der Waals surface area contributed by atoms with Crippen LogP contribution in [0.4, 0.5) is 0 Å². The Labute approximate surface area is 339 Å². The maximum Gasteiger partial charge on any atom is 0.472 e. The van der Waals surface area contributed by atoms with Crippen LogP contribution in [0.25, 0.3) is 0 Å². The fourth-order valence-corrected chi connectivity index (χ4v) is 5.71. The van der Waals surface area contributed by atoms with E-state index in [4.69, 9.17) is 29.4 Å². The Morgan fingerprint density at radius 1 is 0.571 bits per heavy atom. The third-order valence-corrected chi connectivity index (χ3v) is 8.99. The van der Waals surface area contributed by atoms with E-state index in [1.165, 1.54) is 0 Å². The second kappa shape index (κ2) is 41.5. The molecule has 0 aliphatic rings. The number of aliphatic hydroxyl groups is 1. The lowest BCUT2D eigenvalue weighted by Gasteiger charge is -2.19. The van der Waals surface area contributed by atoms with Crippen LogP contribution in [0.3, 0.4) is 0 Å². The minimum absolute atomic E-state index is 0.0308. The molecule has 2 atom stereocenters. The van der Waals surface area contributed by atoms with Gasteiger partial charge in [0.2, 0.25) is 0 Å². The molecular formula is C45H74NO9P.